The van der Waals surface area contributed by atoms with Gasteiger partial charge < -0.3 is 10.6 Å². The van der Waals surface area contributed by atoms with Crippen LogP contribution in [0.25, 0.3) is 0 Å². The average molecular weight is 484 g/mol. The number of para-hydroxylation sites is 2. The first-order valence-corrected chi connectivity index (χ1v) is 12.9. The highest BCUT2D eigenvalue weighted by Crippen LogP contribution is 2.69. The van der Waals surface area contributed by atoms with E-state index < -0.39 is 11.0 Å². The highest BCUT2D eigenvalue weighted by molar-refractivity contribution is 6.18. The maximum Gasteiger partial charge on any atom is 0.251 e. The Morgan fingerprint density at radius 2 is 1.24 bits per heavy atom. The molecule has 4 aromatic carbocycles. The number of amides is 2. The Morgan fingerprint density at radius 1 is 0.649 bits per heavy atom. The van der Waals surface area contributed by atoms with Gasteiger partial charge in [0.1, 0.15) is 11.0 Å². The topological polar surface area (TPSA) is 61.4 Å². The molecule has 0 aromatic heterocycles. The second kappa shape index (κ2) is 7.17. The molecule has 4 aliphatic rings. The van der Waals surface area contributed by atoms with Gasteiger partial charge in [-0.2, -0.15) is 0 Å². The van der Waals surface area contributed by atoms with Gasteiger partial charge in [-0.3, -0.25) is 14.5 Å². The van der Waals surface area contributed by atoms with Gasteiger partial charge in [0.2, 0.25) is 5.91 Å². The van der Waals surface area contributed by atoms with Gasteiger partial charge in [0.05, 0.1) is 0 Å². The second-order valence-electron chi connectivity index (χ2n) is 10.6. The van der Waals surface area contributed by atoms with Crippen LogP contribution in [-0.2, 0) is 33.5 Å². The first kappa shape index (κ1) is 20.9. The zero-order chi connectivity index (χ0) is 24.8. The lowest BCUT2D eigenvalue weighted by molar-refractivity contribution is -0.138. The van der Waals surface area contributed by atoms with Gasteiger partial charge in [-0.1, -0.05) is 91.0 Å². The summed E-state index contributed by atoms with van der Waals surface area (Å²) in [5.41, 5.74) is 4.61. The van der Waals surface area contributed by atoms with E-state index in [0.717, 1.165) is 34.5 Å². The summed E-state index contributed by atoms with van der Waals surface area (Å²) in [6.45, 7) is 0.600. The summed E-state index contributed by atoms with van der Waals surface area (Å²) in [7, 11) is 0. The molecule has 4 aromatic rings. The third kappa shape index (κ3) is 2.34. The van der Waals surface area contributed by atoms with Gasteiger partial charge >= 0.3 is 0 Å². The van der Waals surface area contributed by atoms with Gasteiger partial charge in [0.15, 0.2) is 0 Å². The third-order valence-corrected chi connectivity index (χ3v) is 9.15. The first-order valence-electron chi connectivity index (χ1n) is 12.9. The lowest BCUT2D eigenvalue weighted by Gasteiger charge is -2.45. The third-order valence-electron chi connectivity index (χ3n) is 9.15. The fourth-order valence-electron chi connectivity index (χ4n) is 7.95. The van der Waals surface area contributed by atoms with Crippen molar-refractivity contribution in [2.75, 3.05) is 10.6 Å². The average Bonchev–Trinajstić information content (AvgIpc) is 3.50. The number of benzene rings is 4. The smallest absolute Gasteiger partial charge is 0.251 e. The van der Waals surface area contributed by atoms with Crippen molar-refractivity contribution in [3.63, 3.8) is 0 Å². The SMILES string of the molecule is O=C1Nc2ccccc2C12C(c1ccccc1)C1Cc3ccccc3CN1C21C(=O)Nc2ccccc21. The molecule has 37 heavy (non-hydrogen) atoms. The van der Waals surface area contributed by atoms with E-state index in [-0.39, 0.29) is 23.8 Å². The van der Waals surface area contributed by atoms with Crippen molar-refractivity contribution in [2.45, 2.75) is 35.9 Å². The molecule has 180 valence electrons. The van der Waals surface area contributed by atoms with Crippen molar-refractivity contribution in [3.05, 3.63) is 131 Å². The van der Waals surface area contributed by atoms with Crippen LogP contribution in [0.3, 0.4) is 0 Å². The van der Waals surface area contributed by atoms with Crippen molar-refractivity contribution in [1.29, 1.82) is 0 Å². The van der Waals surface area contributed by atoms with Crippen molar-refractivity contribution in [3.8, 4) is 0 Å². The summed E-state index contributed by atoms with van der Waals surface area (Å²) in [5, 5.41) is 6.42. The Morgan fingerprint density at radius 3 is 2.03 bits per heavy atom. The first-order chi connectivity index (χ1) is 18.2. The molecule has 4 atom stereocenters. The van der Waals surface area contributed by atoms with Crippen LogP contribution in [-0.4, -0.2) is 22.8 Å². The summed E-state index contributed by atoms with van der Waals surface area (Å²) in [6.07, 6.45) is 0.768. The number of fused-ring (bicyclic) bond motifs is 8. The van der Waals surface area contributed by atoms with Crippen molar-refractivity contribution >= 4 is 23.2 Å². The van der Waals surface area contributed by atoms with E-state index in [9.17, 15) is 9.59 Å². The van der Waals surface area contributed by atoms with Crippen LogP contribution < -0.4 is 10.6 Å². The van der Waals surface area contributed by atoms with E-state index in [1.54, 1.807) is 0 Å². The minimum atomic E-state index is -1.20. The molecule has 0 bridgehead atoms. The van der Waals surface area contributed by atoms with E-state index in [0.29, 0.717) is 6.54 Å². The van der Waals surface area contributed by atoms with Gasteiger partial charge in [0, 0.05) is 35.4 Å². The molecular formula is C32H25N3O2. The summed E-state index contributed by atoms with van der Waals surface area (Å²) in [4.78, 5) is 31.6. The van der Waals surface area contributed by atoms with Crippen LogP contribution in [0, 0.1) is 0 Å². The Labute approximate surface area is 215 Å². The molecule has 1 fully saturated rings. The molecule has 2 N–H and O–H groups in total. The van der Waals surface area contributed by atoms with Gasteiger partial charge in [-0.15, -0.1) is 0 Å². The highest BCUT2D eigenvalue weighted by Gasteiger charge is 2.79. The number of carbonyl (C=O) groups is 2. The Balaban J connectivity index is 1.53. The van der Waals surface area contributed by atoms with Crippen molar-refractivity contribution in [1.82, 2.24) is 4.90 Å². The number of hydrogen-bond acceptors (Lipinski definition) is 3. The van der Waals surface area contributed by atoms with E-state index >= 15 is 0 Å². The maximum atomic E-state index is 14.7. The number of nitrogens with zero attached hydrogens (tertiary/aromatic N) is 1. The van der Waals surface area contributed by atoms with Crippen molar-refractivity contribution < 1.29 is 9.59 Å². The standard InChI is InChI=1S/C32H25N3O2/c36-29-31(23-14-6-8-16-25(23)33-29)28(20-10-2-1-3-11-20)27-18-21-12-4-5-13-22(21)19-35(27)32(31)24-15-7-9-17-26(24)34-30(32)37/h1-17,27-28H,18-19H2,(H,33,36)(H,34,37). The molecule has 5 heteroatoms. The molecular weight excluding hydrogens is 458 g/mol. The molecule has 0 radical (unpaired) electrons. The molecule has 4 aliphatic heterocycles. The molecule has 8 rings (SSSR count). The lowest BCUT2D eigenvalue weighted by atomic mass is 9.57. The number of anilines is 2. The van der Waals surface area contributed by atoms with E-state index in [1.807, 2.05) is 66.7 Å². The Hall–Kier alpha value is -4.22. The number of rotatable bonds is 1. The van der Waals surface area contributed by atoms with Gasteiger partial charge in [-0.05, 0) is 40.8 Å². The summed E-state index contributed by atoms with van der Waals surface area (Å²) in [6, 6.07) is 34.6. The maximum absolute atomic E-state index is 14.7. The molecule has 1 saturated heterocycles. The largest absolute Gasteiger partial charge is 0.325 e. The van der Waals surface area contributed by atoms with E-state index in [4.69, 9.17) is 0 Å². The fraction of sp³-hybridized carbons (Fsp3) is 0.188. The van der Waals surface area contributed by atoms with E-state index in [2.05, 4.69) is 51.9 Å². The summed E-state index contributed by atoms with van der Waals surface area (Å²) < 4.78 is 0. The normalized spacial score (nSPS) is 29.0. The zero-order valence-electron chi connectivity index (χ0n) is 20.1. The van der Waals surface area contributed by atoms with Gasteiger partial charge in [-0.25, -0.2) is 0 Å². The van der Waals surface area contributed by atoms with Crippen LogP contribution in [0.15, 0.2) is 103 Å². The Kier molecular flexibility index (Phi) is 4.06. The Bertz CT molecular complexity index is 1620. The van der Waals surface area contributed by atoms with Crippen LogP contribution in [0.4, 0.5) is 11.4 Å². The number of carbonyl (C=O) groups excluding carboxylic acids is 2. The number of nitrogens with one attached hydrogen (secondary N) is 2. The summed E-state index contributed by atoms with van der Waals surface area (Å²) in [5.74, 6) is -0.459. The minimum absolute atomic E-state index is 0.0499. The fourth-order valence-corrected chi connectivity index (χ4v) is 7.95. The van der Waals surface area contributed by atoms with E-state index in [1.165, 1.54) is 11.1 Å². The summed E-state index contributed by atoms with van der Waals surface area (Å²) >= 11 is 0. The van der Waals surface area contributed by atoms with Crippen LogP contribution in [0.1, 0.15) is 33.7 Å². The zero-order valence-corrected chi connectivity index (χ0v) is 20.1. The number of hydrogen-bond donors (Lipinski definition) is 2. The second-order valence-corrected chi connectivity index (χ2v) is 10.6. The molecule has 2 spiro atoms. The molecule has 4 unspecified atom stereocenters. The lowest BCUT2D eigenvalue weighted by Crippen LogP contribution is -2.61. The quantitative estimate of drug-likeness (QED) is 0.403. The predicted molar refractivity (Wildman–Crippen MR) is 142 cm³/mol. The van der Waals surface area contributed by atoms with Gasteiger partial charge in [0.25, 0.3) is 5.91 Å². The molecule has 0 saturated carbocycles. The van der Waals surface area contributed by atoms with Crippen LogP contribution in [0.2, 0.25) is 0 Å². The molecule has 0 aliphatic carbocycles. The molecule has 5 nitrogen and oxygen atoms in total. The van der Waals surface area contributed by atoms with Crippen LogP contribution in [0.5, 0.6) is 0 Å². The highest BCUT2D eigenvalue weighted by atomic mass is 16.2. The monoisotopic (exact) mass is 483 g/mol. The van der Waals surface area contributed by atoms with Crippen molar-refractivity contribution in [2.24, 2.45) is 0 Å². The minimum Gasteiger partial charge on any atom is -0.325 e. The molecule has 4 heterocycles. The van der Waals surface area contributed by atoms with Crippen LogP contribution >= 0.6 is 0 Å². The predicted octanol–water partition coefficient (Wildman–Crippen LogP) is 4.95. The molecule has 2 amide bonds.